The first-order chi connectivity index (χ1) is 10.6. The van der Waals surface area contributed by atoms with E-state index in [-0.39, 0.29) is 5.91 Å². The summed E-state index contributed by atoms with van der Waals surface area (Å²) in [5.41, 5.74) is 1.49. The highest BCUT2D eigenvalue weighted by Gasteiger charge is 2.21. The van der Waals surface area contributed by atoms with Crippen molar-refractivity contribution in [3.05, 3.63) is 35.7 Å². The molecule has 2 aromatic rings. The molecule has 1 aromatic heterocycles. The van der Waals surface area contributed by atoms with E-state index in [2.05, 4.69) is 22.4 Å². The molecule has 1 heterocycles. The SMILES string of the molecule is Cc1noc(-c2ccc(C(=O)NC3CCCC(C)C3)cc2)n1. The monoisotopic (exact) mass is 299 g/mol. The molecule has 3 rings (SSSR count). The second-order valence-electron chi connectivity index (χ2n) is 6.17. The van der Waals surface area contributed by atoms with E-state index in [4.69, 9.17) is 4.52 Å². The van der Waals surface area contributed by atoms with Crippen LogP contribution in [0, 0.1) is 12.8 Å². The summed E-state index contributed by atoms with van der Waals surface area (Å²) in [7, 11) is 0. The van der Waals surface area contributed by atoms with Crippen LogP contribution in [0.2, 0.25) is 0 Å². The van der Waals surface area contributed by atoms with Crippen LogP contribution < -0.4 is 5.32 Å². The number of rotatable bonds is 3. The van der Waals surface area contributed by atoms with Crippen LogP contribution in [0.1, 0.15) is 48.8 Å². The van der Waals surface area contributed by atoms with Crippen LogP contribution in [0.15, 0.2) is 28.8 Å². The third kappa shape index (κ3) is 3.35. The van der Waals surface area contributed by atoms with Gasteiger partial charge in [-0.25, -0.2) is 0 Å². The smallest absolute Gasteiger partial charge is 0.257 e. The summed E-state index contributed by atoms with van der Waals surface area (Å²) in [4.78, 5) is 16.5. The lowest BCUT2D eigenvalue weighted by atomic mass is 9.87. The van der Waals surface area contributed by atoms with Gasteiger partial charge in [-0.15, -0.1) is 0 Å². The first-order valence-electron chi connectivity index (χ1n) is 7.83. The van der Waals surface area contributed by atoms with E-state index in [1.54, 1.807) is 19.1 Å². The number of nitrogens with one attached hydrogen (secondary N) is 1. The topological polar surface area (TPSA) is 68.0 Å². The van der Waals surface area contributed by atoms with Gasteiger partial charge in [0.15, 0.2) is 5.82 Å². The average Bonchev–Trinajstić information content (AvgIpc) is 2.94. The molecule has 1 amide bonds. The van der Waals surface area contributed by atoms with Gasteiger partial charge in [0.05, 0.1) is 0 Å². The standard InChI is InChI=1S/C17H21N3O2/c1-11-4-3-5-15(10-11)19-16(21)13-6-8-14(9-7-13)17-18-12(2)20-22-17/h6-9,11,15H,3-5,10H2,1-2H3,(H,19,21). The molecule has 116 valence electrons. The molecule has 1 aliphatic rings. The van der Waals surface area contributed by atoms with Crippen molar-refractivity contribution in [3.63, 3.8) is 0 Å². The van der Waals surface area contributed by atoms with Crippen molar-refractivity contribution in [2.45, 2.75) is 45.6 Å². The molecular weight excluding hydrogens is 278 g/mol. The number of aryl methyl sites for hydroxylation is 1. The molecule has 0 radical (unpaired) electrons. The highest BCUT2D eigenvalue weighted by Crippen LogP contribution is 2.24. The quantitative estimate of drug-likeness (QED) is 0.943. The Morgan fingerprint density at radius 1 is 1.27 bits per heavy atom. The van der Waals surface area contributed by atoms with Gasteiger partial charge < -0.3 is 9.84 Å². The van der Waals surface area contributed by atoms with Crippen molar-refractivity contribution in [2.24, 2.45) is 5.92 Å². The number of carbonyl (C=O) groups excluding carboxylic acids is 1. The van der Waals surface area contributed by atoms with Gasteiger partial charge in [-0.2, -0.15) is 4.98 Å². The summed E-state index contributed by atoms with van der Waals surface area (Å²) in [5, 5.41) is 6.91. The molecule has 0 spiro atoms. The maximum Gasteiger partial charge on any atom is 0.257 e. The van der Waals surface area contributed by atoms with E-state index in [0.29, 0.717) is 29.2 Å². The van der Waals surface area contributed by atoms with Crippen LogP contribution in [0.4, 0.5) is 0 Å². The van der Waals surface area contributed by atoms with Crippen LogP contribution >= 0.6 is 0 Å². The first-order valence-corrected chi connectivity index (χ1v) is 7.83. The predicted molar refractivity (Wildman–Crippen MR) is 83.4 cm³/mol. The largest absolute Gasteiger partial charge is 0.349 e. The van der Waals surface area contributed by atoms with Gasteiger partial charge in [-0.1, -0.05) is 24.9 Å². The molecule has 0 aliphatic heterocycles. The lowest BCUT2D eigenvalue weighted by Gasteiger charge is -2.27. The minimum Gasteiger partial charge on any atom is -0.349 e. The Balaban J connectivity index is 1.66. The summed E-state index contributed by atoms with van der Waals surface area (Å²) in [6.45, 7) is 4.03. The molecule has 1 aromatic carbocycles. The van der Waals surface area contributed by atoms with E-state index in [1.165, 1.54) is 12.8 Å². The first kappa shape index (κ1) is 14.8. The molecular formula is C17H21N3O2. The maximum atomic E-state index is 12.3. The lowest BCUT2D eigenvalue weighted by Crippen LogP contribution is -2.37. The Hall–Kier alpha value is -2.17. The van der Waals surface area contributed by atoms with Crippen molar-refractivity contribution >= 4 is 5.91 Å². The fourth-order valence-electron chi connectivity index (χ4n) is 3.01. The molecule has 1 aliphatic carbocycles. The van der Waals surface area contributed by atoms with Crippen LogP contribution in [0.3, 0.4) is 0 Å². The maximum absolute atomic E-state index is 12.3. The molecule has 0 bridgehead atoms. The second kappa shape index (κ2) is 6.30. The highest BCUT2D eigenvalue weighted by molar-refractivity contribution is 5.94. The third-order valence-electron chi connectivity index (χ3n) is 4.19. The second-order valence-corrected chi connectivity index (χ2v) is 6.17. The molecule has 5 heteroatoms. The van der Waals surface area contributed by atoms with Crippen molar-refractivity contribution in [3.8, 4) is 11.5 Å². The Morgan fingerprint density at radius 3 is 2.68 bits per heavy atom. The van der Waals surface area contributed by atoms with Crippen molar-refractivity contribution in [2.75, 3.05) is 0 Å². The van der Waals surface area contributed by atoms with Gasteiger partial charge in [0.2, 0.25) is 0 Å². The van der Waals surface area contributed by atoms with E-state index in [0.717, 1.165) is 18.4 Å². The van der Waals surface area contributed by atoms with Gasteiger partial charge in [0.1, 0.15) is 0 Å². The van der Waals surface area contributed by atoms with Gasteiger partial charge in [0, 0.05) is 17.2 Å². The Bertz CT molecular complexity index is 648. The molecule has 1 N–H and O–H groups in total. The number of nitrogens with zero attached hydrogens (tertiary/aromatic N) is 2. The fraction of sp³-hybridized carbons (Fsp3) is 0.471. The van der Waals surface area contributed by atoms with E-state index in [9.17, 15) is 4.79 Å². The lowest BCUT2D eigenvalue weighted by molar-refractivity contribution is 0.0921. The Kier molecular flexibility index (Phi) is 4.22. The minimum atomic E-state index is -0.00707. The normalized spacial score (nSPS) is 21.5. The fourth-order valence-corrected chi connectivity index (χ4v) is 3.01. The van der Waals surface area contributed by atoms with Gasteiger partial charge in [-0.3, -0.25) is 4.79 Å². The average molecular weight is 299 g/mol. The molecule has 22 heavy (non-hydrogen) atoms. The predicted octanol–water partition coefficient (Wildman–Crippen LogP) is 3.35. The zero-order valence-corrected chi connectivity index (χ0v) is 13.0. The highest BCUT2D eigenvalue weighted by atomic mass is 16.5. The summed E-state index contributed by atoms with van der Waals surface area (Å²) in [6.07, 6.45) is 4.62. The van der Waals surface area contributed by atoms with Crippen molar-refractivity contribution in [1.29, 1.82) is 0 Å². The van der Waals surface area contributed by atoms with E-state index in [1.807, 2.05) is 12.1 Å². The zero-order chi connectivity index (χ0) is 15.5. The van der Waals surface area contributed by atoms with Crippen LogP contribution in [-0.4, -0.2) is 22.1 Å². The molecule has 0 saturated heterocycles. The summed E-state index contributed by atoms with van der Waals surface area (Å²) in [6, 6.07) is 7.58. The van der Waals surface area contributed by atoms with Gasteiger partial charge in [-0.05, 0) is 49.9 Å². The molecule has 2 atom stereocenters. The summed E-state index contributed by atoms with van der Waals surface area (Å²) >= 11 is 0. The van der Waals surface area contributed by atoms with Crippen LogP contribution in [0.25, 0.3) is 11.5 Å². The third-order valence-corrected chi connectivity index (χ3v) is 4.19. The summed E-state index contributed by atoms with van der Waals surface area (Å²) in [5.74, 6) is 1.77. The minimum absolute atomic E-state index is 0.00707. The summed E-state index contributed by atoms with van der Waals surface area (Å²) < 4.78 is 5.12. The molecule has 2 unspecified atom stereocenters. The van der Waals surface area contributed by atoms with Gasteiger partial charge in [0.25, 0.3) is 11.8 Å². The Labute approximate surface area is 130 Å². The van der Waals surface area contributed by atoms with Crippen molar-refractivity contribution < 1.29 is 9.32 Å². The number of carbonyl (C=O) groups is 1. The number of amides is 1. The molecule has 5 nitrogen and oxygen atoms in total. The number of hydrogen-bond donors (Lipinski definition) is 1. The number of hydrogen-bond acceptors (Lipinski definition) is 4. The van der Waals surface area contributed by atoms with Crippen LogP contribution in [-0.2, 0) is 0 Å². The Morgan fingerprint density at radius 2 is 2.05 bits per heavy atom. The molecule has 1 saturated carbocycles. The zero-order valence-electron chi connectivity index (χ0n) is 13.0. The number of benzene rings is 1. The number of aromatic nitrogens is 2. The van der Waals surface area contributed by atoms with E-state index >= 15 is 0 Å². The molecule has 1 fully saturated rings. The van der Waals surface area contributed by atoms with Gasteiger partial charge >= 0.3 is 0 Å². The van der Waals surface area contributed by atoms with Crippen molar-refractivity contribution in [1.82, 2.24) is 15.5 Å². The van der Waals surface area contributed by atoms with Crippen LogP contribution in [0.5, 0.6) is 0 Å². The van der Waals surface area contributed by atoms with E-state index < -0.39 is 0 Å².